The molecular formula is C17H24N4OS. The van der Waals surface area contributed by atoms with E-state index >= 15 is 0 Å². The van der Waals surface area contributed by atoms with E-state index in [1.807, 2.05) is 29.8 Å². The highest BCUT2D eigenvalue weighted by molar-refractivity contribution is 7.11. The van der Waals surface area contributed by atoms with Crippen LogP contribution in [0.3, 0.4) is 0 Å². The quantitative estimate of drug-likeness (QED) is 0.846. The van der Waals surface area contributed by atoms with E-state index in [0.29, 0.717) is 6.42 Å². The molecule has 23 heavy (non-hydrogen) atoms. The molecule has 1 amide bonds. The lowest BCUT2D eigenvalue weighted by atomic mass is 9.96. The number of imidazole rings is 1. The van der Waals surface area contributed by atoms with Crippen LogP contribution >= 0.6 is 11.3 Å². The second kappa shape index (κ2) is 6.83. The summed E-state index contributed by atoms with van der Waals surface area (Å²) in [5.74, 6) is 0.204. The molecule has 0 radical (unpaired) electrons. The van der Waals surface area contributed by atoms with Crippen LogP contribution in [0.5, 0.6) is 0 Å². The van der Waals surface area contributed by atoms with Crippen molar-refractivity contribution in [3.8, 4) is 0 Å². The molecule has 1 atom stereocenters. The standard InChI is InChI=1S/C17H24N4OS/c1-4-15-19-13-6-5-7-14(17(13)23-15)21(3)16(22)9-8-12-10-18-11-20(12)2/h10-11,14H,4-9H2,1-3H3. The highest BCUT2D eigenvalue weighted by Crippen LogP contribution is 2.37. The Morgan fingerprint density at radius 1 is 1.52 bits per heavy atom. The zero-order valence-corrected chi connectivity index (χ0v) is 14.9. The Balaban J connectivity index is 1.68. The Bertz CT molecular complexity index is 691. The van der Waals surface area contributed by atoms with Crippen LogP contribution in [0.15, 0.2) is 12.5 Å². The van der Waals surface area contributed by atoms with Crippen molar-refractivity contribution < 1.29 is 4.79 Å². The predicted octanol–water partition coefficient (Wildman–Crippen LogP) is 2.91. The van der Waals surface area contributed by atoms with E-state index in [1.54, 1.807) is 17.7 Å². The molecular weight excluding hydrogens is 308 g/mol. The van der Waals surface area contributed by atoms with E-state index in [1.165, 1.54) is 15.6 Å². The predicted molar refractivity (Wildman–Crippen MR) is 91.5 cm³/mol. The molecule has 2 aromatic heterocycles. The highest BCUT2D eigenvalue weighted by Gasteiger charge is 2.29. The summed E-state index contributed by atoms with van der Waals surface area (Å²) >= 11 is 1.79. The third kappa shape index (κ3) is 3.32. The van der Waals surface area contributed by atoms with Crippen LogP contribution in [0.1, 0.15) is 53.5 Å². The van der Waals surface area contributed by atoms with Crippen LogP contribution in [0.2, 0.25) is 0 Å². The summed E-state index contributed by atoms with van der Waals surface area (Å²) < 4.78 is 1.97. The Morgan fingerprint density at radius 2 is 2.35 bits per heavy atom. The molecule has 2 aromatic rings. The molecule has 2 heterocycles. The van der Waals surface area contributed by atoms with Crippen LogP contribution in [-0.4, -0.2) is 32.4 Å². The number of aromatic nitrogens is 3. The van der Waals surface area contributed by atoms with E-state index in [-0.39, 0.29) is 11.9 Å². The number of hydrogen-bond acceptors (Lipinski definition) is 4. The maximum atomic E-state index is 12.6. The third-order valence-corrected chi connectivity index (χ3v) is 5.98. The zero-order valence-electron chi connectivity index (χ0n) is 14.1. The van der Waals surface area contributed by atoms with Crippen LogP contribution in [0, 0.1) is 0 Å². The van der Waals surface area contributed by atoms with Gasteiger partial charge in [-0.1, -0.05) is 6.92 Å². The number of fused-ring (bicyclic) bond motifs is 1. The molecule has 0 fully saturated rings. The number of carbonyl (C=O) groups is 1. The maximum absolute atomic E-state index is 12.6. The lowest BCUT2D eigenvalue weighted by Crippen LogP contribution is -2.33. The van der Waals surface area contributed by atoms with Crippen LogP contribution in [-0.2, 0) is 31.1 Å². The van der Waals surface area contributed by atoms with Crippen molar-refractivity contribution in [3.05, 3.63) is 33.8 Å². The van der Waals surface area contributed by atoms with Gasteiger partial charge in [0.05, 0.1) is 27.9 Å². The van der Waals surface area contributed by atoms with E-state index in [9.17, 15) is 4.79 Å². The minimum Gasteiger partial charge on any atom is -0.338 e. The van der Waals surface area contributed by atoms with Crippen molar-refractivity contribution >= 4 is 17.2 Å². The normalized spacial score (nSPS) is 17.1. The lowest BCUT2D eigenvalue weighted by molar-refractivity contribution is -0.132. The van der Waals surface area contributed by atoms with Crippen LogP contribution in [0.4, 0.5) is 0 Å². The molecule has 0 aliphatic heterocycles. The molecule has 0 saturated heterocycles. The molecule has 0 aromatic carbocycles. The van der Waals surface area contributed by atoms with Gasteiger partial charge in [-0.15, -0.1) is 11.3 Å². The number of hydrogen-bond donors (Lipinski definition) is 0. The van der Waals surface area contributed by atoms with Gasteiger partial charge < -0.3 is 9.47 Å². The molecule has 0 spiro atoms. The molecule has 3 rings (SSSR count). The van der Waals surface area contributed by atoms with Gasteiger partial charge in [-0.25, -0.2) is 9.97 Å². The molecule has 1 unspecified atom stereocenters. The summed E-state index contributed by atoms with van der Waals surface area (Å²) in [7, 11) is 3.91. The van der Waals surface area contributed by atoms with Gasteiger partial charge in [0.1, 0.15) is 0 Å². The Hall–Kier alpha value is -1.69. The van der Waals surface area contributed by atoms with Gasteiger partial charge in [-0.3, -0.25) is 4.79 Å². The highest BCUT2D eigenvalue weighted by atomic mass is 32.1. The van der Waals surface area contributed by atoms with Gasteiger partial charge in [0.2, 0.25) is 5.91 Å². The number of thiazole rings is 1. The van der Waals surface area contributed by atoms with Crippen molar-refractivity contribution in [2.24, 2.45) is 7.05 Å². The summed E-state index contributed by atoms with van der Waals surface area (Å²) in [6.07, 6.45) is 9.07. The fraction of sp³-hybridized carbons (Fsp3) is 0.588. The molecule has 6 heteroatoms. The maximum Gasteiger partial charge on any atom is 0.223 e. The van der Waals surface area contributed by atoms with E-state index < -0.39 is 0 Å². The van der Waals surface area contributed by atoms with Gasteiger partial charge in [0.25, 0.3) is 0 Å². The van der Waals surface area contributed by atoms with Crippen molar-refractivity contribution in [3.63, 3.8) is 0 Å². The molecule has 124 valence electrons. The van der Waals surface area contributed by atoms with E-state index in [0.717, 1.165) is 37.8 Å². The number of rotatable bonds is 5. The van der Waals surface area contributed by atoms with Gasteiger partial charge in [0.15, 0.2) is 0 Å². The fourth-order valence-electron chi connectivity index (χ4n) is 3.18. The lowest BCUT2D eigenvalue weighted by Gasteiger charge is -2.30. The van der Waals surface area contributed by atoms with Crippen molar-refractivity contribution in [1.82, 2.24) is 19.4 Å². The number of aryl methyl sites for hydroxylation is 4. The Kier molecular flexibility index (Phi) is 4.80. The number of nitrogens with zero attached hydrogens (tertiary/aromatic N) is 4. The Labute approximate surface area is 141 Å². The second-order valence-electron chi connectivity index (χ2n) is 6.18. The molecule has 0 saturated carbocycles. The molecule has 5 nitrogen and oxygen atoms in total. The van der Waals surface area contributed by atoms with E-state index in [4.69, 9.17) is 4.98 Å². The average molecular weight is 332 g/mol. The minimum atomic E-state index is 0.204. The van der Waals surface area contributed by atoms with Crippen LogP contribution < -0.4 is 0 Å². The smallest absolute Gasteiger partial charge is 0.223 e. The van der Waals surface area contributed by atoms with Crippen molar-refractivity contribution in [2.45, 2.75) is 51.5 Å². The van der Waals surface area contributed by atoms with Gasteiger partial charge in [-0.05, 0) is 32.1 Å². The second-order valence-corrected chi connectivity index (χ2v) is 7.30. The average Bonchev–Trinajstić information content (AvgIpc) is 3.17. The summed E-state index contributed by atoms with van der Waals surface area (Å²) in [5.41, 5.74) is 2.32. The molecule has 1 aliphatic rings. The zero-order chi connectivity index (χ0) is 16.4. The third-order valence-electron chi connectivity index (χ3n) is 4.64. The summed E-state index contributed by atoms with van der Waals surface area (Å²) in [5, 5.41) is 1.19. The first-order valence-corrected chi connectivity index (χ1v) is 9.11. The minimum absolute atomic E-state index is 0.204. The van der Waals surface area contributed by atoms with Crippen LogP contribution in [0.25, 0.3) is 0 Å². The first kappa shape index (κ1) is 16.2. The van der Waals surface area contributed by atoms with Gasteiger partial charge in [0, 0.05) is 32.4 Å². The molecule has 0 N–H and O–H groups in total. The van der Waals surface area contributed by atoms with Gasteiger partial charge >= 0.3 is 0 Å². The fourth-order valence-corrected chi connectivity index (χ4v) is 4.41. The summed E-state index contributed by atoms with van der Waals surface area (Å²) in [4.78, 5) is 24.7. The first-order valence-electron chi connectivity index (χ1n) is 8.29. The summed E-state index contributed by atoms with van der Waals surface area (Å²) in [6, 6.07) is 0.204. The molecule has 0 bridgehead atoms. The summed E-state index contributed by atoms with van der Waals surface area (Å²) in [6.45, 7) is 2.14. The first-order chi connectivity index (χ1) is 11.1. The number of carbonyl (C=O) groups excluding carboxylic acids is 1. The monoisotopic (exact) mass is 332 g/mol. The van der Waals surface area contributed by atoms with Gasteiger partial charge in [-0.2, -0.15) is 0 Å². The molecule has 1 aliphatic carbocycles. The van der Waals surface area contributed by atoms with Crippen molar-refractivity contribution in [1.29, 1.82) is 0 Å². The van der Waals surface area contributed by atoms with E-state index in [2.05, 4.69) is 11.9 Å². The number of amides is 1. The topological polar surface area (TPSA) is 51.0 Å². The van der Waals surface area contributed by atoms with Crippen molar-refractivity contribution in [2.75, 3.05) is 7.05 Å². The largest absolute Gasteiger partial charge is 0.338 e. The Morgan fingerprint density at radius 3 is 3.04 bits per heavy atom. The SMILES string of the molecule is CCc1nc2c(s1)C(N(C)C(=O)CCc1cncn1C)CCC2.